The van der Waals surface area contributed by atoms with Crippen LogP contribution in [0.5, 0.6) is 0 Å². The van der Waals surface area contributed by atoms with Crippen LogP contribution in [0.3, 0.4) is 0 Å². The fraction of sp³-hybridized carbons (Fsp3) is 0.0909. The predicted octanol–water partition coefficient (Wildman–Crippen LogP) is 1.15. The van der Waals surface area contributed by atoms with Crippen LogP contribution >= 0.6 is 0 Å². The van der Waals surface area contributed by atoms with Gasteiger partial charge in [0.15, 0.2) is 5.69 Å². The summed E-state index contributed by atoms with van der Waals surface area (Å²) < 4.78 is 5.76. The maximum atomic E-state index is 11.3. The van der Waals surface area contributed by atoms with Crippen LogP contribution in [-0.4, -0.2) is 27.8 Å². The lowest BCUT2D eigenvalue weighted by Crippen LogP contribution is -2.05. The van der Waals surface area contributed by atoms with Crippen molar-refractivity contribution in [2.24, 2.45) is 0 Å². The standard InChI is InChI=1S/C11H10N4O4/c1-19-11(16)9-6-10(12)14(13-9)7-3-2-4-8(5-7)15(17)18/h2-6H,12H2,1H3. The molecule has 1 heterocycles. The minimum atomic E-state index is -0.629. The van der Waals surface area contributed by atoms with E-state index in [0.29, 0.717) is 5.69 Å². The lowest BCUT2D eigenvalue weighted by atomic mass is 10.3. The molecule has 0 aliphatic carbocycles. The van der Waals surface area contributed by atoms with Gasteiger partial charge in [0.2, 0.25) is 0 Å². The Hall–Kier alpha value is -2.90. The minimum absolute atomic E-state index is 0.0338. The van der Waals surface area contributed by atoms with Crippen LogP contribution in [0.25, 0.3) is 5.69 Å². The van der Waals surface area contributed by atoms with Gasteiger partial charge in [0.1, 0.15) is 5.82 Å². The molecule has 1 aromatic heterocycles. The number of nitro benzene ring substituents is 1. The molecule has 8 heteroatoms. The minimum Gasteiger partial charge on any atom is -0.464 e. The summed E-state index contributed by atoms with van der Waals surface area (Å²) in [4.78, 5) is 21.5. The van der Waals surface area contributed by atoms with Gasteiger partial charge in [-0.05, 0) is 6.07 Å². The highest BCUT2D eigenvalue weighted by atomic mass is 16.6. The van der Waals surface area contributed by atoms with Crippen molar-refractivity contribution in [3.8, 4) is 5.69 Å². The topological polar surface area (TPSA) is 113 Å². The van der Waals surface area contributed by atoms with Gasteiger partial charge in [0.25, 0.3) is 5.69 Å². The Kier molecular flexibility index (Phi) is 3.15. The van der Waals surface area contributed by atoms with Crippen molar-refractivity contribution in [3.05, 3.63) is 46.1 Å². The SMILES string of the molecule is COC(=O)c1cc(N)n(-c2cccc([N+](=O)[O-])c2)n1. The summed E-state index contributed by atoms with van der Waals surface area (Å²) >= 11 is 0. The van der Waals surface area contributed by atoms with E-state index in [0.717, 1.165) is 0 Å². The zero-order valence-electron chi connectivity index (χ0n) is 9.94. The monoisotopic (exact) mass is 262 g/mol. The maximum Gasteiger partial charge on any atom is 0.358 e. The molecule has 1 aromatic carbocycles. The number of nitro groups is 1. The van der Waals surface area contributed by atoms with Gasteiger partial charge in [-0.3, -0.25) is 10.1 Å². The second kappa shape index (κ2) is 4.77. The van der Waals surface area contributed by atoms with Crippen molar-refractivity contribution >= 4 is 17.5 Å². The van der Waals surface area contributed by atoms with Gasteiger partial charge in [-0.1, -0.05) is 6.07 Å². The van der Waals surface area contributed by atoms with Gasteiger partial charge in [-0.25, -0.2) is 9.48 Å². The van der Waals surface area contributed by atoms with Crippen molar-refractivity contribution in [2.45, 2.75) is 0 Å². The molecule has 0 bridgehead atoms. The predicted molar refractivity (Wildman–Crippen MR) is 66.0 cm³/mol. The highest BCUT2D eigenvalue weighted by Crippen LogP contribution is 2.19. The largest absolute Gasteiger partial charge is 0.464 e. The van der Waals surface area contributed by atoms with Crippen molar-refractivity contribution in [1.29, 1.82) is 0 Å². The lowest BCUT2D eigenvalue weighted by molar-refractivity contribution is -0.384. The normalized spacial score (nSPS) is 10.2. The quantitative estimate of drug-likeness (QED) is 0.504. The molecule has 0 fully saturated rings. The number of carbonyl (C=O) groups is 1. The molecule has 0 saturated carbocycles. The molecule has 8 nitrogen and oxygen atoms in total. The van der Waals surface area contributed by atoms with Crippen LogP contribution in [0, 0.1) is 10.1 Å². The second-order valence-corrected chi connectivity index (χ2v) is 3.63. The Balaban J connectivity index is 2.47. The molecule has 2 aromatic rings. The van der Waals surface area contributed by atoms with E-state index >= 15 is 0 Å². The molecule has 0 aliphatic heterocycles. The molecule has 19 heavy (non-hydrogen) atoms. The molecule has 0 aliphatic rings. The first-order valence-corrected chi connectivity index (χ1v) is 5.21. The number of non-ortho nitro benzene ring substituents is 1. The van der Waals surface area contributed by atoms with Crippen LogP contribution in [0.4, 0.5) is 11.5 Å². The van der Waals surface area contributed by atoms with Crippen LogP contribution in [0.15, 0.2) is 30.3 Å². The maximum absolute atomic E-state index is 11.3. The number of methoxy groups -OCH3 is 1. The van der Waals surface area contributed by atoms with Gasteiger partial charge >= 0.3 is 5.97 Å². The number of nitrogens with zero attached hydrogens (tertiary/aromatic N) is 3. The van der Waals surface area contributed by atoms with Gasteiger partial charge in [-0.2, -0.15) is 5.10 Å². The summed E-state index contributed by atoms with van der Waals surface area (Å²) in [7, 11) is 1.23. The van der Waals surface area contributed by atoms with Crippen LogP contribution < -0.4 is 5.73 Å². The lowest BCUT2D eigenvalue weighted by Gasteiger charge is -2.03. The number of hydrogen-bond donors (Lipinski definition) is 1. The molecule has 0 spiro atoms. The molecule has 0 unspecified atom stereocenters. The summed E-state index contributed by atoms with van der Waals surface area (Å²) in [6.07, 6.45) is 0. The molecule has 0 atom stereocenters. The van der Waals surface area contributed by atoms with E-state index in [1.807, 2.05) is 0 Å². The number of nitrogen functional groups attached to an aromatic ring is 1. The van der Waals surface area contributed by atoms with E-state index in [2.05, 4.69) is 9.84 Å². The molecule has 0 amide bonds. The summed E-state index contributed by atoms with van der Waals surface area (Å²) in [5.41, 5.74) is 6.05. The molecular weight excluding hydrogens is 252 g/mol. The number of nitrogens with two attached hydrogens (primary N) is 1. The smallest absolute Gasteiger partial charge is 0.358 e. The molecule has 0 saturated heterocycles. The average Bonchev–Trinajstić information content (AvgIpc) is 2.80. The molecular formula is C11H10N4O4. The van der Waals surface area contributed by atoms with Crippen LogP contribution in [0.1, 0.15) is 10.5 Å². The van der Waals surface area contributed by atoms with E-state index in [4.69, 9.17) is 5.73 Å². The first-order chi connectivity index (χ1) is 9.02. The van der Waals surface area contributed by atoms with Crippen molar-refractivity contribution in [2.75, 3.05) is 12.8 Å². The Morgan fingerprint density at radius 2 is 2.21 bits per heavy atom. The van der Waals surface area contributed by atoms with E-state index in [-0.39, 0.29) is 17.2 Å². The second-order valence-electron chi connectivity index (χ2n) is 3.63. The summed E-state index contributed by atoms with van der Waals surface area (Å²) in [5, 5.41) is 14.6. The number of anilines is 1. The fourth-order valence-electron chi connectivity index (χ4n) is 1.55. The molecule has 0 radical (unpaired) electrons. The number of aromatic nitrogens is 2. The van der Waals surface area contributed by atoms with Crippen LogP contribution in [0.2, 0.25) is 0 Å². The Morgan fingerprint density at radius 3 is 2.84 bits per heavy atom. The van der Waals surface area contributed by atoms with Gasteiger partial charge in [0, 0.05) is 18.2 Å². The fourth-order valence-corrected chi connectivity index (χ4v) is 1.55. The van der Waals surface area contributed by atoms with Crippen molar-refractivity contribution in [1.82, 2.24) is 9.78 Å². The zero-order chi connectivity index (χ0) is 14.0. The van der Waals surface area contributed by atoms with Gasteiger partial charge < -0.3 is 10.5 Å². The number of carbonyl (C=O) groups excluding carboxylic acids is 1. The Labute approximate surface area is 107 Å². The summed E-state index contributed by atoms with van der Waals surface area (Å²) in [6.45, 7) is 0. The van der Waals surface area contributed by atoms with E-state index in [9.17, 15) is 14.9 Å². The third-order valence-corrected chi connectivity index (χ3v) is 2.42. The summed E-state index contributed by atoms with van der Waals surface area (Å²) in [5.74, 6) is -0.447. The average molecular weight is 262 g/mol. The number of ether oxygens (including phenoxy) is 1. The van der Waals surface area contributed by atoms with Crippen molar-refractivity contribution < 1.29 is 14.5 Å². The third-order valence-electron chi connectivity index (χ3n) is 2.42. The van der Waals surface area contributed by atoms with E-state index < -0.39 is 10.9 Å². The number of benzene rings is 1. The number of hydrogen-bond acceptors (Lipinski definition) is 6. The number of rotatable bonds is 3. The van der Waals surface area contributed by atoms with E-state index in [1.54, 1.807) is 6.07 Å². The van der Waals surface area contributed by atoms with Crippen LogP contribution in [-0.2, 0) is 4.74 Å². The molecule has 2 rings (SSSR count). The third kappa shape index (κ3) is 2.37. The van der Waals surface area contributed by atoms with Gasteiger partial charge in [0.05, 0.1) is 17.7 Å². The highest BCUT2D eigenvalue weighted by Gasteiger charge is 2.15. The van der Waals surface area contributed by atoms with E-state index in [1.165, 1.54) is 36.1 Å². The Bertz CT molecular complexity index is 650. The first kappa shape index (κ1) is 12.6. The van der Waals surface area contributed by atoms with Crippen molar-refractivity contribution in [3.63, 3.8) is 0 Å². The highest BCUT2D eigenvalue weighted by molar-refractivity contribution is 5.88. The first-order valence-electron chi connectivity index (χ1n) is 5.21. The molecule has 98 valence electrons. The molecule has 2 N–H and O–H groups in total. The zero-order valence-corrected chi connectivity index (χ0v) is 9.94. The van der Waals surface area contributed by atoms with Gasteiger partial charge in [-0.15, -0.1) is 0 Å². The Morgan fingerprint density at radius 1 is 1.47 bits per heavy atom. The number of esters is 1. The summed E-state index contributed by atoms with van der Waals surface area (Å²) in [6, 6.07) is 7.10.